The van der Waals surface area contributed by atoms with Crippen LogP contribution in [-0.4, -0.2) is 0 Å². The zero-order valence-electron chi connectivity index (χ0n) is 10.00. The first-order valence-electron chi connectivity index (χ1n) is 6.06. The number of rotatable bonds is 6. The second-order valence-electron chi connectivity index (χ2n) is 4.10. The van der Waals surface area contributed by atoms with Crippen LogP contribution in [0.5, 0.6) is 0 Å². The Morgan fingerprint density at radius 3 is 2.47 bits per heavy atom. The van der Waals surface area contributed by atoms with Gasteiger partial charge in [0.05, 0.1) is 0 Å². The van der Waals surface area contributed by atoms with Crippen molar-refractivity contribution in [2.75, 3.05) is 0 Å². The number of hydrogen-bond donors (Lipinski definition) is 0. The Labute approximate surface area is 94.0 Å². The summed E-state index contributed by atoms with van der Waals surface area (Å²) in [6.45, 7) is 4.46. The molecule has 0 aliphatic carbocycles. The second-order valence-corrected chi connectivity index (χ2v) is 4.10. The van der Waals surface area contributed by atoms with Gasteiger partial charge in [0, 0.05) is 0 Å². The van der Waals surface area contributed by atoms with Gasteiger partial charge in [-0.2, -0.15) is 0 Å². The van der Waals surface area contributed by atoms with Crippen LogP contribution >= 0.6 is 0 Å². The van der Waals surface area contributed by atoms with Crippen molar-refractivity contribution in [2.45, 2.75) is 46.0 Å². The lowest BCUT2D eigenvalue weighted by Gasteiger charge is -2.01. The number of hydrogen-bond acceptors (Lipinski definition) is 0. The first kappa shape index (κ1) is 12.0. The average molecular weight is 202 g/mol. The van der Waals surface area contributed by atoms with Crippen LogP contribution in [0.15, 0.2) is 36.4 Å². The molecule has 0 spiro atoms. The van der Waals surface area contributed by atoms with Gasteiger partial charge in [0.1, 0.15) is 0 Å². The minimum Gasteiger partial charge on any atom is -0.0810 e. The summed E-state index contributed by atoms with van der Waals surface area (Å²) in [6, 6.07) is 10.6. The van der Waals surface area contributed by atoms with Gasteiger partial charge in [-0.05, 0) is 30.9 Å². The first-order chi connectivity index (χ1) is 7.34. The van der Waals surface area contributed by atoms with Crippen LogP contribution in [0, 0.1) is 0 Å². The molecule has 0 saturated carbocycles. The second kappa shape index (κ2) is 7.28. The Bertz CT molecular complexity index is 282. The van der Waals surface area contributed by atoms with E-state index in [9.17, 15) is 0 Å². The van der Waals surface area contributed by atoms with E-state index in [4.69, 9.17) is 0 Å². The highest BCUT2D eigenvalue weighted by atomic mass is 14.0. The molecule has 15 heavy (non-hydrogen) atoms. The third-order valence-corrected chi connectivity index (χ3v) is 2.74. The summed E-state index contributed by atoms with van der Waals surface area (Å²) in [6.07, 6.45) is 8.98. The van der Waals surface area contributed by atoms with Crippen molar-refractivity contribution in [3.05, 3.63) is 42.0 Å². The maximum Gasteiger partial charge on any atom is -0.0231 e. The number of allylic oxidation sites excluding steroid dienone is 2. The Morgan fingerprint density at radius 1 is 1.07 bits per heavy atom. The summed E-state index contributed by atoms with van der Waals surface area (Å²) in [4.78, 5) is 0. The summed E-state index contributed by atoms with van der Waals surface area (Å²) in [5.74, 6) is 0. The zero-order chi connectivity index (χ0) is 10.9. The molecule has 1 aromatic carbocycles. The normalized spacial score (nSPS) is 11.7. The maximum atomic E-state index is 2.37. The molecule has 1 aromatic rings. The fourth-order valence-corrected chi connectivity index (χ4v) is 1.71. The van der Waals surface area contributed by atoms with Crippen molar-refractivity contribution in [2.24, 2.45) is 0 Å². The molecule has 0 aromatic heterocycles. The SMILES string of the molecule is CCCCCCC=C(C)c1ccccc1. The predicted octanol–water partition coefficient (Wildman–Crippen LogP) is 5.06. The van der Waals surface area contributed by atoms with Crippen LogP contribution in [0.3, 0.4) is 0 Å². The zero-order valence-corrected chi connectivity index (χ0v) is 10.00. The summed E-state index contributed by atoms with van der Waals surface area (Å²) in [5.41, 5.74) is 2.76. The summed E-state index contributed by atoms with van der Waals surface area (Å²) in [7, 11) is 0. The molecule has 0 amide bonds. The van der Waals surface area contributed by atoms with Gasteiger partial charge < -0.3 is 0 Å². The largest absolute Gasteiger partial charge is 0.0810 e. The van der Waals surface area contributed by atoms with Gasteiger partial charge in [-0.3, -0.25) is 0 Å². The highest BCUT2D eigenvalue weighted by molar-refractivity contribution is 5.63. The van der Waals surface area contributed by atoms with Crippen LogP contribution in [0.25, 0.3) is 5.57 Å². The van der Waals surface area contributed by atoms with Crippen LogP contribution in [-0.2, 0) is 0 Å². The highest BCUT2D eigenvalue weighted by Crippen LogP contribution is 2.14. The average Bonchev–Trinajstić information content (AvgIpc) is 2.30. The molecule has 0 heterocycles. The van der Waals surface area contributed by atoms with Crippen LogP contribution in [0.2, 0.25) is 0 Å². The highest BCUT2D eigenvalue weighted by Gasteiger charge is 1.92. The standard InChI is InChI=1S/C15H22/c1-3-4-5-6-8-11-14(2)15-12-9-7-10-13-15/h7,9-13H,3-6,8H2,1-2H3. The smallest absolute Gasteiger partial charge is 0.0231 e. The van der Waals surface area contributed by atoms with Crippen molar-refractivity contribution in [1.82, 2.24) is 0 Å². The van der Waals surface area contributed by atoms with E-state index in [0.717, 1.165) is 0 Å². The number of benzene rings is 1. The van der Waals surface area contributed by atoms with Crippen LogP contribution < -0.4 is 0 Å². The van der Waals surface area contributed by atoms with E-state index in [-0.39, 0.29) is 0 Å². The molecule has 0 nitrogen and oxygen atoms in total. The summed E-state index contributed by atoms with van der Waals surface area (Å²) >= 11 is 0. The van der Waals surface area contributed by atoms with Crippen molar-refractivity contribution in [3.63, 3.8) is 0 Å². The minimum absolute atomic E-state index is 1.22. The third kappa shape index (κ3) is 4.83. The molecular formula is C15H22. The lowest BCUT2D eigenvalue weighted by atomic mass is 10.0. The first-order valence-corrected chi connectivity index (χ1v) is 6.06. The van der Waals surface area contributed by atoms with Crippen LogP contribution in [0.4, 0.5) is 0 Å². The molecule has 0 bridgehead atoms. The lowest BCUT2D eigenvalue weighted by molar-refractivity contribution is 0.675. The van der Waals surface area contributed by atoms with E-state index >= 15 is 0 Å². The molecule has 0 unspecified atom stereocenters. The molecule has 1 rings (SSSR count). The Kier molecular flexibility index (Phi) is 5.84. The fraction of sp³-hybridized carbons (Fsp3) is 0.467. The predicted molar refractivity (Wildman–Crippen MR) is 68.9 cm³/mol. The molecular weight excluding hydrogens is 180 g/mol. The third-order valence-electron chi connectivity index (χ3n) is 2.74. The fourth-order valence-electron chi connectivity index (χ4n) is 1.71. The molecule has 0 N–H and O–H groups in total. The van der Waals surface area contributed by atoms with Gasteiger partial charge in [0.15, 0.2) is 0 Å². The molecule has 0 aliphatic heterocycles. The summed E-state index contributed by atoms with van der Waals surface area (Å²) < 4.78 is 0. The molecule has 0 fully saturated rings. The molecule has 0 aliphatic rings. The van der Waals surface area contributed by atoms with Gasteiger partial charge in [0.2, 0.25) is 0 Å². The topological polar surface area (TPSA) is 0 Å². The Balaban J connectivity index is 2.33. The Morgan fingerprint density at radius 2 is 1.80 bits per heavy atom. The van der Waals surface area contributed by atoms with Crippen LogP contribution in [0.1, 0.15) is 51.5 Å². The van der Waals surface area contributed by atoms with E-state index < -0.39 is 0 Å². The van der Waals surface area contributed by atoms with Crippen molar-refractivity contribution >= 4 is 5.57 Å². The van der Waals surface area contributed by atoms with E-state index in [1.54, 1.807) is 0 Å². The van der Waals surface area contributed by atoms with E-state index in [2.05, 4.69) is 50.3 Å². The van der Waals surface area contributed by atoms with Crippen molar-refractivity contribution < 1.29 is 0 Å². The van der Waals surface area contributed by atoms with Gasteiger partial charge in [-0.25, -0.2) is 0 Å². The van der Waals surface area contributed by atoms with E-state index in [1.807, 2.05) is 0 Å². The molecule has 82 valence electrons. The van der Waals surface area contributed by atoms with Gasteiger partial charge in [-0.15, -0.1) is 0 Å². The molecule has 0 heteroatoms. The molecule has 0 atom stereocenters. The molecule has 0 saturated heterocycles. The lowest BCUT2D eigenvalue weighted by Crippen LogP contribution is -1.79. The quantitative estimate of drug-likeness (QED) is 0.565. The maximum absolute atomic E-state index is 2.37. The summed E-state index contributed by atoms with van der Waals surface area (Å²) in [5, 5.41) is 0. The van der Waals surface area contributed by atoms with Gasteiger partial charge in [0.25, 0.3) is 0 Å². The Hall–Kier alpha value is -1.04. The van der Waals surface area contributed by atoms with Crippen molar-refractivity contribution in [1.29, 1.82) is 0 Å². The molecule has 0 radical (unpaired) electrons. The monoisotopic (exact) mass is 202 g/mol. The van der Waals surface area contributed by atoms with E-state index in [0.29, 0.717) is 0 Å². The minimum atomic E-state index is 1.22. The number of unbranched alkanes of at least 4 members (excludes halogenated alkanes) is 4. The van der Waals surface area contributed by atoms with Crippen molar-refractivity contribution in [3.8, 4) is 0 Å². The van der Waals surface area contributed by atoms with E-state index in [1.165, 1.54) is 43.2 Å². The van der Waals surface area contributed by atoms with Gasteiger partial charge in [-0.1, -0.05) is 62.6 Å². The van der Waals surface area contributed by atoms with Gasteiger partial charge >= 0.3 is 0 Å².